The lowest BCUT2D eigenvalue weighted by molar-refractivity contribution is -0.184. The molecule has 5 unspecified atom stereocenters. The molecular weight excluding hydrogens is 364 g/mol. The molecule has 0 saturated carbocycles. The van der Waals surface area contributed by atoms with Crippen molar-refractivity contribution in [1.29, 1.82) is 0 Å². The van der Waals surface area contributed by atoms with Crippen LogP contribution in [0.1, 0.15) is 0 Å². The smallest absolute Gasteiger partial charge is 0.350 e. The van der Waals surface area contributed by atoms with E-state index in [1.165, 1.54) is 0 Å². The molecule has 152 valence electrons. The monoisotopic (exact) mass is 386 g/mol. The molecule has 1 aliphatic rings. The summed E-state index contributed by atoms with van der Waals surface area (Å²) in [6, 6.07) is 0. The number of hydrogen-bond donors (Lipinski definition) is 9. The normalized spacial score (nSPS) is 30.0. The molecule has 1 rings (SSSR count). The maximum absolute atomic E-state index is 11.8. The molecule has 1 saturated heterocycles. The van der Waals surface area contributed by atoms with Crippen molar-refractivity contribution in [2.45, 2.75) is 54.9 Å². The highest BCUT2D eigenvalue weighted by Crippen LogP contribution is 2.22. The Morgan fingerprint density at radius 1 is 1.00 bits per heavy atom. The van der Waals surface area contributed by atoms with Gasteiger partial charge in [-0.25, -0.2) is 9.59 Å². The summed E-state index contributed by atoms with van der Waals surface area (Å²) in [6.07, 6.45) is -18.3. The molecule has 9 N–H and O–H groups in total. The van der Waals surface area contributed by atoms with Gasteiger partial charge < -0.3 is 55.4 Å². The lowest BCUT2D eigenvalue weighted by Crippen LogP contribution is -2.53. The Morgan fingerprint density at radius 2 is 1.58 bits per heavy atom. The molecule has 0 radical (unpaired) electrons. The largest absolute Gasteiger partial charge is 0.454 e. The Bertz CT molecular complexity index is 485. The molecule has 0 spiro atoms. The van der Waals surface area contributed by atoms with Crippen LogP contribution in [0.25, 0.3) is 0 Å². The maximum atomic E-state index is 11.8. The zero-order valence-corrected chi connectivity index (χ0v) is 13.3. The highest BCUT2D eigenvalue weighted by atomic mass is 16.6. The Labute approximate surface area is 146 Å². The second kappa shape index (κ2) is 9.50. The lowest BCUT2D eigenvalue weighted by Gasteiger charge is -2.28. The van der Waals surface area contributed by atoms with E-state index >= 15 is 0 Å². The third-order valence-electron chi connectivity index (χ3n) is 3.79. The zero-order chi connectivity index (χ0) is 20.2. The van der Waals surface area contributed by atoms with E-state index in [1.807, 2.05) is 0 Å². The first kappa shape index (κ1) is 22.6. The maximum Gasteiger partial charge on any atom is 0.350 e. The van der Waals surface area contributed by atoms with Crippen LogP contribution < -0.4 is 0 Å². The van der Waals surface area contributed by atoms with Gasteiger partial charge in [0.05, 0.1) is 13.2 Å². The van der Waals surface area contributed by atoms with Gasteiger partial charge in [0.25, 0.3) is 0 Å². The molecular formula is C13H22O13. The van der Waals surface area contributed by atoms with Crippen LogP contribution in [-0.4, -0.2) is 126 Å². The van der Waals surface area contributed by atoms with Crippen LogP contribution in [0.4, 0.5) is 0 Å². The number of aliphatic hydroxyl groups is 9. The van der Waals surface area contributed by atoms with E-state index in [-0.39, 0.29) is 0 Å². The fraction of sp³-hybridized carbons (Fsp3) is 0.846. The molecule has 0 aromatic carbocycles. The van der Waals surface area contributed by atoms with Crippen LogP contribution in [0.2, 0.25) is 0 Å². The van der Waals surface area contributed by atoms with E-state index in [4.69, 9.17) is 15.3 Å². The van der Waals surface area contributed by atoms with Crippen molar-refractivity contribution in [3.8, 4) is 0 Å². The predicted molar refractivity (Wildman–Crippen MR) is 76.0 cm³/mol. The summed E-state index contributed by atoms with van der Waals surface area (Å²) >= 11 is 0. The van der Waals surface area contributed by atoms with E-state index in [9.17, 15) is 40.2 Å². The van der Waals surface area contributed by atoms with E-state index in [2.05, 4.69) is 9.47 Å². The number of aliphatic hydroxyl groups excluding tert-OH is 9. The third kappa shape index (κ3) is 4.85. The third-order valence-corrected chi connectivity index (χ3v) is 3.79. The van der Waals surface area contributed by atoms with Crippen molar-refractivity contribution in [3.05, 3.63) is 0 Å². The summed E-state index contributed by atoms with van der Waals surface area (Å²) in [6.45, 7) is -1.85. The molecule has 0 aromatic rings. The lowest BCUT2D eigenvalue weighted by atomic mass is 9.99. The second-order valence-electron chi connectivity index (χ2n) is 5.67. The average Bonchev–Trinajstić information content (AvgIpc) is 2.92. The zero-order valence-electron chi connectivity index (χ0n) is 13.3. The topological polar surface area (TPSA) is 235 Å². The van der Waals surface area contributed by atoms with Crippen molar-refractivity contribution in [2.24, 2.45) is 0 Å². The highest BCUT2D eigenvalue weighted by Gasteiger charge is 2.50. The minimum absolute atomic E-state index is 0.867. The number of rotatable bonds is 9. The molecule has 9 atom stereocenters. The van der Waals surface area contributed by atoms with Gasteiger partial charge in [0.1, 0.15) is 36.6 Å². The molecule has 13 heteroatoms. The van der Waals surface area contributed by atoms with Crippen molar-refractivity contribution in [2.75, 3.05) is 13.2 Å². The minimum atomic E-state index is -2.51. The molecule has 0 aliphatic carbocycles. The van der Waals surface area contributed by atoms with Gasteiger partial charge in [0.2, 0.25) is 6.10 Å². The van der Waals surface area contributed by atoms with Crippen LogP contribution in [0.15, 0.2) is 0 Å². The van der Waals surface area contributed by atoms with Crippen molar-refractivity contribution < 1.29 is 65.0 Å². The number of esters is 2. The quantitative estimate of drug-likeness (QED) is 0.168. The van der Waals surface area contributed by atoms with E-state index < -0.39 is 80.1 Å². The molecule has 0 amide bonds. The highest BCUT2D eigenvalue weighted by molar-refractivity contribution is 5.83. The fourth-order valence-corrected chi connectivity index (χ4v) is 2.17. The van der Waals surface area contributed by atoms with Gasteiger partial charge in [-0.05, 0) is 0 Å². The molecule has 0 bridgehead atoms. The second-order valence-corrected chi connectivity index (χ2v) is 5.67. The number of ether oxygens (including phenoxy) is 2. The average molecular weight is 386 g/mol. The van der Waals surface area contributed by atoms with E-state index in [0.717, 1.165) is 0 Å². The van der Waals surface area contributed by atoms with Crippen molar-refractivity contribution in [3.63, 3.8) is 0 Å². The first-order valence-corrected chi connectivity index (χ1v) is 7.45. The van der Waals surface area contributed by atoms with Gasteiger partial charge in [-0.1, -0.05) is 0 Å². The first-order chi connectivity index (χ1) is 12.1. The van der Waals surface area contributed by atoms with Crippen LogP contribution in [0.3, 0.4) is 0 Å². The Balaban J connectivity index is 2.73. The standard InChI is InChI=1S/C13H22O13/c14-1-3(16)5(18)6(19)7(20)8(21)12(23)26-11-9(22)10(4(17)2-15)25-13(11)24/h3-11,14-22H,1-2H2/t3?,4-,5?,6?,7?,8?,9+,10-,11-/m1/s1. The molecule has 1 aliphatic heterocycles. The summed E-state index contributed by atoms with van der Waals surface area (Å²) in [4.78, 5) is 23.3. The predicted octanol–water partition coefficient (Wildman–Crippen LogP) is -6.67. The van der Waals surface area contributed by atoms with Crippen LogP contribution >= 0.6 is 0 Å². The Hall–Kier alpha value is -1.42. The summed E-state index contributed by atoms with van der Waals surface area (Å²) in [5.41, 5.74) is 0. The Morgan fingerprint density at radius 3 is 2.08 bits per heavy atom. The molecule has 1 heterocycles. The molecule has 26 heavy (non-hydrogen) atoms. The summed E-state index contributed by atoms with van der Waals surface area (Å²) in [7, 11) is 0. The van der Waals surface area contributed by atoms with Gasteiger partial charge in [-0.3, -0.25) is 0 Å². The fourth-order valence-electron chi connectivity index (χ4n) is 2.17. The summed E-state index contributed by atoms with van der Waals surface area (Å²) < 4.78 is 9.03. The van der Waals surface area contributed by atoms with Crippen molar-refractivity contribution in [1.82, 2.24) is 0 Å². The van der Waals surface area contributed by atoms with E-state index in [1.54, 1.807) is 0 Å². The number of carbonyl (C=O) groups excluding carboxylic acids is 2. The number of cyclic esters (lactones) is 1. The molecule has 13 nitrogen and oxygen atoms in total. The number of carbonyl (C=O) groups is 2. The summed E-state index contributed by atoms with van der Waals surface area (Å²) in [5.74, 6) is -2.98. The SMILES string of the molecule is O=C(O[C@H]1C(=O)O[C@H]([C@H](O)CO)[C@@H]1O)C(O)C(O)C(O)C(O)C(O)CO. The first-order valence-electron chi connectivity index (χ1n) is 7.45. The van der Waals surface area contributed by atoms with Gasteiger partial charge >= 0.3 is 11.9 Å². The van der Waals surface area contributed by atoms with Crippen LogP contribution in [0.5, 0.6) is 0 Å². The van der Waals surface area contributed by atoms with E-state index in [0.29, 0.717) is 0 Å². The number of hydrogen-bond acceptors (Lipinski definition) is 13. The van der Waals surface area contributed by atoms with Gasteiger partial charge in [0, 0.05) is 0 Å². The molecule has 1 fully saturated rings. The van der Waals surface area contributed by atoms with Gasteiger partial charge in [-0.15, -0.1) is 0 Å². The van der Waals surface area contributed by atoms with Gasteiger partial charge in [0.15, 0.2) is 12.2 Å². The summed E-state index contributed by atoms with van der Waals surface area (Å²) in [5, 5.41) is 84.1. The van der Waals surface area contributed by atoms with Gasteiger partial charge in [-0.2, -0.15) is 0 Å². The molecule has 0 aromatic heterocycles. The van der Waals surface area contributed by atoms with Crippen LogP contribution in [0, 0.1) is 0 Å². The Kier molecular flexibility index (Phi) is 8.26. The van der Waals surface area contributed by atoms with Crippen LogP contribution in [-0.2, 0) is 19.1 Å². The minimum Gasteiger partial charge on any atom is -0.454 e. The van der Waals surface area contributed by atoms with Crippen molar-refractivity contribution >= 4 is 11.9 Å².